The Morgan fingerprint density at radius 2 is 2.36 bits per heavy atom. The van der Waals surface area contributed by atoms with Crippen LogP contribution in [0.3, 0.4) is 0 Å². The third-order valence-electron chi connectivity index (χ3n) is 2.08. The molecule has 0 unspecified atom stereocenters. The first-order valence-corrected chi connectivity index (χ1v) is 5.06. The number of nitrogens with zero attached hydrogens (tertiary/aromatic N) is 2. The molecule has 1 N–H and O–H groups in total. The zero-order valence-corrected chi connectivity index (χ0v) is 8.65. The molecule has 1 heterocycles. The van der Waals surface area contributed by atoms with Gasteiger partial charge in [0.1, 0.15) is 0 Å². The molecule has 0 aliphatic carbocycles. The van der Waals surface area contributed by atoms with E-state index in [0.29, 0.717) is 6.61 Å². The summed E-state index contributed by atoms with van der Waals surface area (Å²) in [4.78, 5) is 3.96. The number of aliphatic hydroxyl groups excluding tert-OH is 1. The molecule has 0 saturated heterocycles. The molecule has 0 spiro atoms. The van der Waals surface area contributed by atoms with E-state index in [1.165, 1.54) is 0 Å². The number of unbranched alkanes of at least 4 members (excludes halogenated alkanes) is 1. The van der Waals surface area contributed by atoms with Crippen molar-refractivity contribution in [3.05, 3.63) is 18.2 Å². The maximum Gasteiger partial charge on any atom is 0.0949 e. The molecule has 0 amide bonds. The van der Waals surface area contributed by atoms with Crippen LogP contribution in [0.2, 0.25) is 0 Å². The van der Waals surface area contributed by atoms with Crippen LogP contribution in [0.4, 0.5) is 0 Å². The van der Waals surface area contributed by atoms with Gasteiger partial charge >= 0.3 is 0 Å². The second-order valence-corrected chi connectivity index (χ2v) is 3.20. The standard InChI is InChI=1S/C10H18N2O2/c1-2-3-5-14-6-4-12-9-11-7-10(12)8-13/h7,9,13H,2-6,8H2,1H3. The first-order valence-electron chi connectivity index (χ1n) is 5.06. The molecule has 80 valence electrons. The predicted molar refractivity (Wildman–Crippen MR) is 53.9 cm³/mol. The summed E-state index contributed by atoms with van der Waals surface area (Å²) in [6.07, 6.45) is 5.66. The molecule has 14 heavy (non-hydrogen) atoms. The highest BCUT2D eigenvalue weighted by molar-refractivity contribution is 4.95. The van der Waals surface area contributed by atoms with Gasteiger partial charge in [0, 0.05) is 13.2 Å². The van der Waals surface area contributed by atoms with Gasteiger partial charge in [-0.15, -0.1) is 0 Å². The normalized spacial score (nSPS) is 10.7. The number of rotatable bonds is 7. The van der Waals surface area contributed by atoms with E-state index < -0.39 is 0 Å². The average molecular weight is 198 g/mol. The summed E-state index contributed by atoms with van der Waals surface area (Å²) in [5, 5.41) is 8.95. The lowest BCUT2D eigenvalue weighted by Crippen LogP contribution is -2.08. The van der Waals surface area contributed by atoms with Crippen LogP contribution >= 0.6 is 0 Å². The van der Waals surface area contributed by atoms with Crippen LogP contribution in [-0.4, -0.2) is 27.9 Å². The zero-order chi connectivity index (χ0) is 10.2. The second-order valence-electron chi connectivity index (χ2n) is 3.20. The fraction of sp³-hybridized carbons (Fsp3) is 0.700. The van der Waals surface area contributed by atoms with E-state index in [1.807, 2.05) is 4.57 Å². The van der Waals surface area contributed by atoms with Crippen molar-refractivity contribution in [2.75, 3.05) is 13.2 Å². The highest BCUT2D eigenvalue weighted by Gasteiger charge is 1.99. The molecule has 0 fully saturated rings. The predicted octanol–water partition coefficient (Wildman–Crippen LogP) is 1.19. The topological polar surface area (TPSA) is 47.3 Å². The molecule has 0 bridgehead atoms. The first kappa shape index (κ1) is 11.2. The molecular weight excluding hydrogens is 180 g/mol. The number of ether oxygens (including phenoxy) is 1. The second kappa shape index (κ2) is 6.56. The monoisotopic (exact) mass is 198 g/mol. The highest BCUT2D eigenvalue weighted by Crippen LogP contribution is 1.98. The fourth-order valence-corrected chi connectivity index (χ4v) is 1.19. The van der Waals surface area contributed by atoms with Crippen molar-refractivity contribution in [1.29, 1.82) is 0 Å². The smallest absolute Gasteiger partial charge is 0.0949 e. The van der Waals surface area contributed by atoms with Gasteiger partial charge in [0.25, 0.3) is 0 Å². The maximum absolute atomic E-state index is 8.95. The quantitative estimate of drug-likeness (QED) is 0.669. The number of aromatic nitrogens is 2. The van der Waals surface area contributed by atoms with Crippen LogP contribution < -0.4 is 0 Å². The van der Waals surface area contributed by atoms with Gasteiger partial charge in [-0.1, -0.05) is 13.3 Å². The highest BCUT2D eigenvalue weighted by atomic mass is 16.5. The van der Waals surface area contributed by atoms with Gasteiger partial charge in [-0.05, 0) is 6.42 Å². The molecule has 4 heteroatoms. The van der Waals surface area contributed by atoms with E-state index >= 15 is 0 Å². The van der Waals surface area contributed by atoms with Crippen LogP contribution in [0.25, 0.3) is 0 Å². The molecular formula is C10H18N2O2. The Bertz CT molecular complexity index is 248. The minimum Gasteiger partial charge on any atom is -0.390 e. The average Bonchev–Trinajstić information content (AvgIpc) is 2.65. The molecule has 0 aromatic carbocycles. The third kappa shape index (κ3) is 3.47. The van der Waals surface area contributed by atoms with Crippen molar-refractivity contribution in [3.63, 3.8) is 0 Å². The summed E-state index contributed by atoms with van der Waals surface area (Å²) in [5.41, 5.74) is 0.837. The SMILES string of the molecule is CCCCOCCn1cncc1CO. The Morgan fingerprint density at radius 3 is 3.07 bits per heavy atom. The summed E-state index contributed by atoms with van der Waals surface area (Å²) >= 11 is 0. The number of hydrogen-bond acceptors (Lipinski definition) is 3. The number of aliphatic hydroxyl groups is 1. The Morgan fingerprint density at radius 1 is 1.50 bits per heavy atom. The molecule has 0 aliphatic heterocycles. The van der Waals surface area contributed by atoms with Gasteiger partial charge in [-0.25, -0.2) is 4.98 Å². The van der Waals surface area contributed by atoms with Gasteiger partial charge in [0.15, 0.2) is 0 Å². The Kier molecular flexibility index (Phi) is 5.25. The van der Waals surface area contributed by atoms with Crippen molar-refractivity contribution in [3.8, 4) is 0 Å². The molecule has 1 rings (SSSR count). The van der Waals surface area contributed by atoms with Crippen LogP contribution in [0.15, 0.2) is 12.5 Å². The summed E-state index contributed by atoms with van der Waals surface area (Å²) < 4.78 is 7.33. The van der Waals surface area contributed by atoms with E-state index in [1.54, 1.807) is 12.5 Å². The summed E-state index contributed by atoms with van der Waals surface area (Å²) in [6.45, 7) is 4.45. The summed E-state index contributed by atoms with van der Waals surface area (Å²) in [5.74, 6) is 0. The van der Waals surface area contributed by atoms with Crippen molar-refractivity contribution >= 4 is 0 Å². The fourth-order valence-electron chi connectivity index (χ4n) is 1.19. The molecule has 0 aliphatic rings. The molecule has 0 radical (unpaired) electrons. The van der Waals surface area contributed by atoms with E-state index in [-0.39, 0.29) is 6.61 Å². The molecule has 1 aromatic heterocycles. The van der Waals surface area contributed by atoms with Crippen molar-refractivity contribution in [2.45, 2.75) is 32.9 Å². The zero-order valence-electron chi connectivity index (χ0n) is 8.65. The van der Waals surface area contributed by atoms with Crippen molar-refractivity contribution < 1.29 is 9.84 Å². The third-order valence-corrected chi connectivity index (χ3v) is 2.08. The Balaban J connectivity index is 2.17. The number of hydrogen-bond donors (Lipinski definition) is 1. The van der Waals surface area contributed by atoms with Crippen LogP contribution in [-0.2, 0) is 17.9 Å². The van der Waals surface area contributed by atoms with Gasteiger partial charge in [0.05, 0.1) is 31.4 Å². The van der Waals surface area contributed by atoms with Gasteiger partial charge < -0.3 is 14.4 Å². The van der Waals surface area contributed by atoms with Gasteiger partial charge in [0.2, 0.25) is 0 Å². The lowest BCUT2D eigenvalue weighted by atomic mass is 10.4. The van der Waals surface area contributed by atoms with Gasteiger partial charge in [-0.2, -0.15) is 0 Å². The number of imidazole rings is 1. The van der Waals surface area contributed by atoms with E-state index in [0.717, 1.165) is 31.7 Å². The molecule has 4 nitrogen and oxygen atoms in total. The molecule has 0 saturated carbocycles. The lowest BCUT2D eigenvalue weighted by molar-refractivity contribution is 0.122. The largest absolute Gasteiger partial charge is 0.390 e. The summed E-state index contributed by atoms with van der Waals surface area (Å²) in [6, 6.07) is 0. The van der Waals surface area contributed by atoms with E-state index in [9.17, 15) is 0 Å². The minimum absolute atomic E-state index is 0.0367. The van der Waals surface area contributed by atoms with Crippen molar-refractivity contribution in [1.82, 2.24) is 9.55 Å². The Labute approximate surface area is 84.5 Å². The summed E-state index contributed by atoms with van der Waals surface area (Å²) in [7, 11) is 0. The van der Waals surface area contributed by atoms with E-state index in [2.05, 4.69) is 11.9 Å². The molecule has 1 aromatic rings. The minimum atomic E-state index is 0.0367. The van der Waals surface area contributed by atoms with Crippen LogP contribution in [0, 0.1) is 0 Å². The Hall–Kier alpha value is -0.870. The maximum atomic E-state index is 8.95. The first-order chi connectivity index (χ1) is 6.88. The van der Waals surface area contributed by atoms with Crippen molar-refractivity contribution in [2.24, 2.45) is 0 Å². The van der Waals surface area contributed by atoms with E-state index in [4.69, 9.17) is 9.84 Å². The molecule has 0 atom stereocenters. The van der Waals surface area contributed by atoms with Crippen LogP contribution in [0.1, 0.15) is 25.5 Å². The lowest BCUT2D eigenvalue weighted by Gasteiger charge is -2.06. The van der Waals surface area contributed by atoms with Gasteiger partial charge in [-0.3, -0.25) is 0 Å². The van der Waals surface area contributed by atoms with Crippen LogP contribution in [0.5, 0.6) is 0 Å².